The van der Waals surface area contributed by atoms with E-state index in [0.717, 1.165) is 18.5 Å². The summed E-state index contributed by atoms with van der Waals surface area (Å²) < 4.78 is 11.1. The van der Waals surface area contributed by atoms with Crippen LogP contribution in [0.4, 0.5) is 0 Å². The van der Waals surface area contributed by atoms with Gasteiger partial charge >= 0.3 is 0 Å². The number of nitrogens with zero attached hydrogens (tertiary/aromatic N) is 4. The van der Waals surface area contributed by atoms with Crippen molar-refractivity contribution in [1.29, 1.82) is 0 Å². The molecule has 1 saturated carbocycles. The largest absolute Gasteiger partial charge is 0.490 e. The maximum atomic E-state index is 12.9. The van der Waals surface area contributed by atoms with E-state index in [0.29, 0.717) is 36.9 Å². The van der Waals surface area contributed by atoms with E-state index in [-0.39, 0.29) is 24.5 Å². The Balaban J connectivity index is 1.33. The number of likely N-dealkylation sites (N-methyl/N-ethyl adjacent to an activating group) is 1. The van der Waals surface area contributed by atoms with Gasteiger partial charge in [0.25, 0.3) is 11.8 Å². The first-order chi connectivity index (χ1) is 14.6. The van der Waals surface area contributed by atoms with Crippen LogP contribution in [0.3, 0.4) is 0 Å². The molecule has 0 radical (unpaired) electrons. The fourth-order valence-electron chi connectivity index (χ4n) is 3.77. The zero-order valence-electron chi connectivity index (χ0n) is 17.3. The highest BCUT2D eigenvalue weighted by atomic mass is 16.5. The second-order valence-corrected chi connectivity index (χ2v) is 7.82. The highest BCUT2D eigenvalue weighted by Crippen LogP contribution is 2.40. The molecule has 1 aliphatic heterocycles. The van der Waals surface area contributed by atoms with Gasteiger partial charge in [0.05, 0.1) is 11.7 Å². The smallest absolute Gasteiger partial charge is 0.276 e. The Kier molecular flexibility index (Phi) is 5.98. The molecule has 1 aliphatic carbocycles. The summed E-state index contributed by atoms with van der Waals surface area (Å²) in [6, 6.07) is 9.24. The van der Waals surface area contributed by atoms with E-state index >= 15 is 0 Å². The first-order valence-electron chi connectivity index (χ1n) is 10.3. The lowest BCUT2D eigenvalue weighted by Crippen LogP contribution is -2.47. The zero-order chi connectivity index (χ0) is 21.1. The number of para-hydroxylation sites is 1. The number of ether oxygens (including phenoxy) is 2. The van der Waals surface area contributed by atoms with Gasteiger partial charge in [-0.15, -0.1) is 0 Å². The standard InChI is InChI=1S/C21H27N5O4/c1-25(20(27)17(29-2)13-30-16-6-4-3-5-7-16)15-10-11-26(12-15)21(28)19-18(14-8-9-14)22-24-23-19/h3-7,14-15,17H,8-13H2,1-2H3,(H,22,23,24). The van der Waals surface area contributed by atoms with Crippen LogP contribution in [0, 0.1) is 0 Å². The molecule has 2 fully saturated rings. The zero-order valence-corrected chi connectivity index (χ0v) is 17.3. The van der Waals surface area contributed by atoms with Crippen molar-refractivity contribution in [2.75, 3.05) is 33.9 Å². The van der Waals surface area contributed by atoms with Gasteiger partial charge in [-0.25, -0.2) is 0 Å². The molecule has 9 nitrogen and oxygen atoms in total. The maximum absolute atomic E-state index is 12.9. The molecule has 1 N–H and O–H groups in total. The van der Waals surface area contributed by atoms with Gasteiger partial charge in [-0.05, 0) is 31.4 Å². The van der Waals surface area contributed by atoms with E-state index in [1.54, 1.807) is 16.8 Å². The number of aromatic nitrogens is 3. The van der Waals surface area contributed by atoms with Crippen LogP contribution in [0.1, 0.15) is 41.4 Å². The van der Waals surface area contributed by atoms with E-state index in [9.17, 15) is 9.59 Å². The molecular weight excluding hydrogens is 386 g/mol. The van der Waals surface area contributed by atoms with Crippen molar-refractivity contribution in [3.63, 3.8) is 0 Å². The number of amides is 2. The van der Waals surface area contributed by atoms with Crippen LogP contribution in [0.25, 0.3) is 0 Å². The third-order valence-corrected chi connectivity index (χ3v) is 5.79. The predicted octanol–water partition coefficient (Wildman–Crippen LogP) is 1.45. The van der Waals surface area contributed by atoms with Crippen molar-refractivity contribution < 1.29 is 19.1 Å². The van der Waals surface area contributed by atoms with Crippen molar-refractivity contribution in [2.45, 2.75) is 37.3 Å². The lowest BCUT2D eigenvalue weighted by atomic mass is 10.2. The van der Waals surface area contributed by atoms with E-state index in [1.165, 1.54) is 7.11 Å². The molecule has 2 unspecified atom stereocenters. The molecule has 4 rings (SSSR count). The van der Waals surface area contributed by atoms with Gasteiger partial charge in [0, 0.05) is 33.2 Å². The summed E-state index contributed by atoms with van der Waals surface area (Å²) in [4.78, 5) is 29.3. The molecule has 1 saturated heterocycles. The molecule has 1 aromatic heterocycles. The van der Waals surface area contributed by atoms with Crippen LogP contribution in [-0.2, 0) is 9.53 Å². The summed E-state index contributed by atoms with van der Waals surface area (Å²) in [5.41, 5.74) is 1.18. The van der Waals surface area contributed by atoms with Gasteiger partial charge in [0.1, 0.15) is 12.4 Å². The quantitative estimate of drug-likeness (QED) is 0.703. The molecule has 2 heterocycles. The lowest BCUT2D eigenvalue weighted by Gasteiger charge is -2.28. The minimum absolute atomic E-state index is 0.0768. The molecule has 2 aromatic rings. The predicted molar refractivity (Wildman–Crippen MR) is 108 cm³/mol. The Morgan fingerprint density at radius 1 is 1.23 bits per heavy atom. The van der Waals surface area contributed by atoms with Crippen LogP contribution in [0.5, 0.6) is 5.75 Å². The Morgan fingerprint density at radius 3 is 2.70 bits per heavy atom. The summed E-state index contributed by atoms with van der Waals surface area (Å²) in [7, 11) is 3.25. The topological polar surface area (TPSA) is 101 Å². The second-order valence-electron chi connectivity index (χ2n) is 7.82. The summed E-state index contributed by atoms with van der Waals surface area (Å²) in [6.45, 7) is 1.17. The van der Waals surface area contributed by atoms with E-state index < -0.39 is 6.10 Å². The number of benzene rings is 1. The average molecular weight is 413 g/mol. The minimum atomic E-state index is -0.711. The fourth-order valence-corrected chi connectivity index (χ4v) is 3.77. The van der Waals surface area contributed by atoms with Crippen LogP contribution in [0.15, 0.2) is 30.3 Å². The Morgan fingerprint density at radius 2 is 2.00 bits per heavy atom. The molecule has 9 heteroatoms. The SMILES string of the molecule is COC(COc1ccccc1)C(=O)N(C)C1CCN(C(=O)c2n[nH]nc2C2CC2)C1. The summed E-state index contributed by atoms with van der Waals surface area (Å²) >= 11 is 0. The molecule has 1 aromatic carbocycles. The first kappa shape index (κ1) is 20.3. The molecule has 160 valence electrons. The van der Waals surface area contributed by atoms with Gasteiger partial charge in [0.15, 0.2) is 11.8 Å². The monoisotopic (exact) mass is 413 g/mol. The average Bonchev–Trinajstić information content (AvgIpc) is 3.29. The number of hydrogen-bond acceptors (Lipinski definition) is 6. The van der Waals surface area contributed by atoms with Crippen LogP contribution in [-0.4, -0.2) is 83.0 Å². The lowest BCUT2D eigenvalue weighted by molar-refractivity contribution is -0.144. The van der Waals surface area contributed by atoms with Crippen LogP contribution in [0.2, 0.25) is 0 Å². The Labute approximate surface area is 175 Å². The van der Waals surface area contributed by atoms with Gasteiger partial charge < -0.3 is 19.3 Å². The highest BCUT2D eigenvalue weighted by Gasteiger charge is 2.38. The number of carbonyl (C=O) groups is 2. The molecular formula is C21H27N5O4. The van der Waals surface area contributed by atoms with Crippen LogP contribution < -0.4 is 4.74 Å². The van der Waals surface area contributed by atoms with Crippen molar-refractivity contribution in [3.8, 4) is 5.75 Å². The third-order valence-electron chi connectivity index (χ3n) is 5.79. The van der Waals surface area contributed by atoms with E-state index in [1.807, 2.05) is 30.3 Å². The molecule has 2 atom stereocenters. The Bertz CT molecular complexity index is 883. The van der Waals surface area contributed by atoms with E-state index in [2.05, 4.69) is 15.4 Å². The normalized spacial score (nSPS) is 19.5. The number of carbonyl (C=O) groups excluding carboxylic acids is 2. The summed E-state index contributed by atoms with van der Waals surface area (Å²) in [6.07, 6.45) is 2.10. The van der Waals surface area contributed by atoms with Gasteiger partial charge in [-0.1, -0.05) is 18.2 Å². The summed E-state index contributed by atoms with van der Waals surface area (Å²) in [5.74, 6) is 0.752. The van der Waals surface area contributed by atoms with Crippen molar-refractivity contribution in [1.82, 2.24) is 25.2 Å². The first-order valence-corrected chi connectivity index (χ1v) is 10.3. The number of H-pyrrole nitrogens is 1. The number of methoxy groups -OCH3 is 1. The number of nitrogens with one attached hydrogen (secondary N) is 1. The number of rotatable bonds is 8. The molecule has 0 spiro atoms. The van der Waals surface area contributed by atoms with Gasteiger partial charge in [-0.3, -0.25) is 9.59 Å². The number of likely N-dealkylation sites (tertiary alicyclic amines) is 1. The van der Waals surface area contributed by atoms with Crippen LogP contribution >= 0.6 is 0 Å². The number of aromatic amines is 1. The highest BCUT2D eigenvalue weighted by molar-refractivity contribution is 5.93. The van der Waals surface area contributed by atoms with Gasteiger partial charge in [-0.2, -0.15) is 15.4 Å². The minimum Gasteiger partial charge on any atom is -0.490 e. The van der Waals surface area contributed by atoms with Gasteiger partial charge in [0.2, 0.25) is 0 Å². The van der Waals surface area contributed by atoms with Crippen molar-refractivity contribution in [2.24, 2.45) is 0 Å². The fraction of sp³-hybridized carbons (Fsp3) is 0.524. The summed E-state index contributed by atoms with van der Waals surface area (Å²) in [5, 5.41) is 10.8. The molecule has 2 amide bonds. The number of hydrogen-bond donors (Lipinski definition) is 1. The molecule has 0 bridgehead atoms. The molecule has 30 heavy (non-hydrogen) atoms. The third kappa shape index (κ3) is 4.30. The van der Waals surface area contributed by atoms with E-state index in [4.69, 9.17) is 9.47 Å². The second kappa shape index (κ2) is 8.83. The molecule has 2 aliphatic rings. The van der Waals surface area contributed by atoms with Crippen molar-refractivity contribution >= 4 is 11.8 Å². The van der Waals surface area contributed by atoms with Crippen molar-refractivity contribution in [3.05, 3.63) is 41.7 Å². The Hall–Kier alpha value is -2.94. The maximum Gasteiger partial charge on any atom is 0.276 e.